The first-order valence-corrected chi connectivity index (χ1v) is 20.2. The third-order valence-electron chi connectivity index (χ3n) is 11.2. The van der Waals surface area contributed by atoms with Crippen molar-refractivity contribution in [1.29, 1.82) is 0 Å². The standard InChI is InChI=1S/C41H41N2O.C11H8N.Ir/c1-25(2)30-19-20-31(28-13-8-6-9-14-28)38(26(3)4)39(30)36-22-21-33-32-17-12-18-34(40(32)44-41(33)43-36)37-23-27(5)35(24-42-37)29-15-10-7-11-16-29;1-2-6-10(7-3-1)11-8-4-5-9-12-11;/h6,8-9,12-14,17,19-26,29H,7,10-11,15-16H2,1-5H3;1-6,8-9H;/q2*-1;. The van der Waals surface area contributed by atoms with E-state index in [1.807, 2.05) is 48.5 Å². The molecule has 4 nitrogen and oxygen atoms in total. The van der Waals surface area contributed by atoms with Gasteiger partial charge in [0.05, 0.1) is 11.3 Å². The molecule has 9 rings (SSSR count). The van der Waals surface area contributed by atoms with Crippen LogP contribution < -0.4 is 0 Å². The van der Waals surface area contributed by atoms with Gasteiger partial charge in [-0.1, -0.05) is 124 Å². The molecular formula is C52H49IrN3O-2. The normalized spacial score (nSPS) is 13.1. The Balaban J connectivity index is 0.000000326. The van der Waals surface area contributed by atoms with E-state index in [4.69, 9.17) is 14.4 Å². The Morgan fingerprint density at radius 2 is 1.47 bits per heavy atom. The minimum Gasteiger partial charge on any atom is -0.486 e. The molecule has 1 radical (unpaired) electrons. The van der Waals surface area contributed by atoms with Gasteiger partial charge in [0.25, 0.3) is 0 Å². The van der Waals surface area contributed by atoms with Crippen LogP contribution in [-0.4, -0.2) is 15.0 Å². The summed E-state index contributed by atoms with van der Waals surface area (Å²) in [6.07, 6.45) is 10.4. The first kappa shape index (κ1) is 40.0. The van der Waals surface area contributed by atoms with Crippen molar-refractivity contribution in [3.8, 4) is 44.9 Å². The molecule has 5 heteroatoms. The van der Waals surface area contributed by atoms with Crippen LogP contribution in [0.4, 0.5) is 0 Å². The number of aryl methyl sites for hydroxylation is 1. The van der Waals surface area contributed by atoms with Crippen LogP contribution in [0.25, 0.3) is 67.0 Å². The van der Waals surface area contributed by atoms with Gasteiger partial charge in [-0.15, -0.1) is 54.1 Å². The molecule has 0 saturated heterocycles. The molecule has 4 aromatic heterocycles. The number of fused-ring (bicyclic) bond motifs is 3. The molecule has 289 valence electrons. The Morgan fingerprint density at radius 3 is 2.18 bits per heavy atom. The quantitative estimate of drug-likeness (QED) is 0.149. The number of pyridine rings is 3. The summed E-state index contributed by atoms with van der Waals surface area (Å²) in [5.74, 6) is 1.30. The topological polar surface area (TPSA) is 51.8 Å². The van der Waals surface area contributed by atoms with E-state index >= 15 is 0 Å². The molecule has 1 aliphatic rings. The van der Waals surface area contributed by atoms with Gasteiger partial charge in [-0.3, -0.25) is 0 Å². The van der Waals surface area contributed by atoms with Crippen molar-refractivity contribution < 1.29 is 24.5 Å². The molecule has 1 aliphatic carbocycles. The molecule has 0 amide bonds. The second-order valence-electron chi connectivity index (χ2n) is 15.7. The van der Waals surface area contributed by atoms with Crippen molar-refractivity contribution in [3.63, 3.8) is 0 Å². The summed E-state index contributed by atoms with van der Waals surface area (Å²) in [6, 6.07) is 46.2. The number of hydrogen-bond donors (Lipinski definition) is 0. The van der Waals surface area contributed by atoms with Gasteiger partial charge in [0, 0.05) is 43.4 Å². The van der Waals surface area contributed by atoms with E-state index < -0.39 is 0 Å². The predicted octanol–water partition coefficient (Wildman–Crippen LogP) is 14.3. The maximum Gasteiger partial charge on any atom is 0.216 e. The largest absolute Gasteiger partial charge is 0.486 e. The molecule has 4 heterocycles. The molecule has 0 unspecified atom stereocenters. The Labute approximate surface area is 351 Å². The monoisotopic (exact) mass is 924 g/mol. The number of benzene rings is 4. The third kappa shape index (κ3) is 8.42. The van der Waals surface area contributed by atoms with E-state index in [2.05, 4.69) is 125 Å². The molecule has 0 bridgehead atoms. The van der Waals surface area contributed by atoms with Gasteiger partial charge in [0.1, 0.15) is 0 Å². The molecule has 0 spiro atoms. The molecule has 0 N–H and O–H groups in total. The van der Waals surface area contributed by atoms with E-state index in [1.165, 1.54) is 71.0 Å². The third-order valence-corrected chi connectivity index (χ3v) is 11.2. The molecular weight excluding hydrogens is 875 g/mol. The number of rotatable bonds is 7. The molecule has 0 atom stereocenters. The average Bonchev–Trinajstić information content (AvgIpc) is 3.63. The van der Waals surface area contributed by atoms with Gasteiger partial charge in [0.15, 0.2) is 0 Å². The first-order valence-electron chi connectivity index (χ1n) is 20.2. The minimum atomic E-state index is 0. The van der Waals surface area contributed by atoms with Crippen LogP contribution in [0.3, 0.4) is 0 Å². The second-order valence-corrected chi connectivity index (χ2v) is 15.7. The van der Waals surface area contributed by atoms with Crippen LogP contribution in [0.2, 0.25) is 0 Å². The Bertz CT molecular complexity index is 2540. The zero-order chi connectivity index (χ0) is 38.6. The molecule has 4 aromatic carbocycles. The van der Waals surface area contributed by atoms with E-state index in [1.54, 1.807) is 6.20 Å². The van der Waals surface area contributed by atoms with Gasteiger partial charge >= 0.3 is 0 Å². The van der Waals surface area contributed by atoms with Crippen LogP contribution in [0.1, 0.15) is 99.8 Å². The Hall–Kier alpha value is -5.22. The number of hydrogen-bond acceptors (Lipinski definition) is 4. The summed E-state index contributed by atoms with van der Waals surface area (Å²) in [6.45, 7) is 11.3. The van der Waals surface area contributed by atoms with Gasteiger partial charge in [-0.05, 0) is 94.9 Å². The minimum absolute atomic E-state index is 0. The molecule has 8 aromatic rings. The van der Waals surface area contributed by atoms with E-state index in [-0.39, 0.29) is 20.1 Å². The van der Waals surface area contributed by atoms with Gasteiger partial charge in [0.2, 0.25) is 5.71 Å². The van der Waals surface area contributed by atoms with Crippen molar-refractivity contribution in [2.24, 2.45) is 0 Å². The SMILES string of the molecule is Cc1cc(-c2[c-]ccc3c2oc2nc(-c4c(C(C)C)ccc(-c5ccccc5)c4C(C)C)ccc23)ncc1C1CCCCC1.[Ir].[c-]1ccccc1-c1ccccn1. The maximum atomic E-state index is 6.62. The second kappa shape index (κ2) is 17.9. The zero-order valence-corrected chi connectivity index (χ0v) is 35.9. The first-order chi connectivity index (χ1) is 27.4. The van der Waals surface area contributed by atoms with Crippen molar-refractivity contribution in [1.82, 2.24) is 15.0 Å². The fourth-order valence-electron chi connectivity index (χ4n) is 8.44. The van der Waals surface area contributed by atoms with E-state index in [0.29, 0.717) is 23.5 Å². The summed E-state index contributed by atoms with van der Waals surface area (Å²) in [5, 5.41) is 2.07. The summed E-state index contributed by atoms with van der Waals surface area (Å²) < 4.78 is 6.62. The fraction of sp³-hybridized carbons (Fsp3) is 0.250. The van der Waals surface area contributed by atoms with Crippen molar-refractivity contribution in [2.75, 3.05) is 0 Å². The van der Waals surface area contributed by atoms with Crippen molar-refractivity contribution >= 4 is 22.1 Å². The van der Waals surface area contributed by atoms with Crippen molar-refractivity contribution in [2.45, 2.75) is 84.5 Å². The summed E-state index contributed by atoms with van der Waals surface area (Å²) in [5.41, 5.74) is 15.3. The van der Waals surface area contributed by atoms with Crippen molar-refractivity contribution in [3.05, 3.63) is 162 Å². The van der Waals surface area contributed by atoms with Crippen LogP contribution in [0.5, 0.6) is 0 Å². The fourth-order valence-corrected chi connectivity index (χ4v) is 8.44. The number of furan rings is 1. The summed E-state index contributed by atoms with van der Waals surface area (Å²) in [7, 11) is 0. The Kier molecular flexibility index (Phi) is 12.6. The molecule has 1 fully saturated rings. The Morgan fingerprint density at radius 1 is 0.684 bits per heavy atom. The van der Waals surface area contributed by atoms with Gasteiger partial charge in [-0.25, -0.2) is 4.98 Å². The number of aromatic nitrogens is 3. The van der Waals surface area contributed by atoms with E-state index in [9.17, 15) is 0 Å². The van der Waals surface area contributed by atoms with E-state index in [0.717, 1.165) is 44.6 Å². The van der Waals surface area contributed by atoms with Gasteiger partial charge < -0.3 is 14.4 Å². The van der Waals surface area contributed by atoms with Crippen LogP contribution >= 0.6 is 0 Å². The smallest absolute Gasteiger partial charge is 0.216 e. The van der Waals surface area contributed by atoms with Crippen LogP contribution in [0, 0.1) is 19.1 Å². The summed E-state index contributed by atoms with van der Waals surface area (Å²) in [4.78, 5) is 14.4. The maximum absolute atomic E-state index is 6.62. The van der Waals surface area contributed by atoms with Crippen LogP contribution in [-0.2, 0) is 20.1 Å². The molecule has 1 saturated carbocycles. The predicted molar refractivity (Wildman–Crippen MR) is 232 cm³/mol. The molecule has 0 aliphatic heterocycles. The number of nitrogens with zero attached hydrogens (tertiary/aromatic N) is 3. The van der Waals surface area contributed by atoms with Gasteiger partial charge in [-0.2, -0.15) is 0 Å². The average molecular weight is 924 g/mol. The summed E-state index contributed by atoms with van der Waals surface area (Å²) >= 11 is 0. The molecule has 57 heavy (non-hydrogen) atoms. The zero-order valence-electron chi connectivity index (χ0n) is 33.5. The van der Waals surface area contributed by atoms with Crippen LogP contribution in [0.15, 0.2) is 132 Å².